The number of anilines is 1. The van der Waals surface area contributed by atoms with E-state index in [1.165, 1.54) is 12.8 Å². The molecule has 1 aromatic heterocycles. The molecular weight excluding hydrogens is 330 g/mol. The topological polar surface area (TPSA) is 66.7 Å². The number of ether oxygens (including phenoxy) is 1. The summed E-state index contributed by atoms with van der Waals surface area (Å²) in [4.78, 5) is 14.4. The summed E-state index contributed by atoms with van der Waals surface area (Å²) in [6.45, 7) is 0.442. The highest BCUT2D eigenvalue weighted by atomic mass is 16.5. The molecule has 1 heterocycles. The van der Waals surface area contributed by atoms with Crippen LogP contribution in [-0.2, 0) is 0 Å². The van der Waals surface area contributed by atoms with Gasteiger partial charge in [-0.2, -0.15) is 0 Å². The summed E-state index contributed by atoms with van der Waals surface area (Å²) in [5.41, 5.74) is 0.691. The van der Waals surface area contributed by atoms with Gasteiger partial charge in [-0.15, -0.1) is 0 Å². The van der Waals surface area contributed by atoms with Crippen molar-refractivity contribution < 1.29 is 13.9 Å². The van der Waals surface area contributed by atoms with Crippen molar-refractivity contribution in [2.45, 2.75) is 37.8 Å². The zero-order valence-corrected chi connectivity index (χ0v) is 15.4. The molecule has 1 aliphatic rings. The van der Waals surface area contributed by atoms with Crippen molar-refractivity contribution in [2.75, 3.05) is 26.0 Å². The molecule has 0 radical (unpaired) electrons. The van der Waals surface area contributed by atoms with E-state index in [2.05, 4.69) is 10.6 Å². The molecule has 0 aliphatic heterocycles. The van der Waals surface area contributed by atoms with Crippen LogP contribution in [0.1, 0.15) is 37.5 Å². The lowest BCUT2D eigenvalue weighted by Crippen LogP contribution is -2.36. The fourth-order valence-electron chi connectivity index (χ4n) is 3.23. The zero-order valence-electron chi connectivity index (χ0n) is 15.4. The lowest BCUT2D eigenvalue weighted by atomic mass is 10.2. The molecule has 2 amide bonds. The molecule has 1 aromatic carbocycles. The maximum absolute atomic E-state index is 12.4. The van der Waals surface area contributed by atoms with E-state index in [0.29, 0.717) is 12.2 Å². The van der Waals surface area contributed by atoms with Crippen molar-refractivity contribution >= 4 is 11.7 Å². The van der Waals surface area contributed by atoms with Crippen molar-refractivity contribution in [1.82, 2.24) is 10.2 Å². The van der Waals surface area contributed by atoms with Crippen LogP contribution in [0, 0.1) is 0 Å². The van der Waals surface area contributed by atoms with Gasteiger partial charge in [0, 0.05) is 6.54 Å². The summed E-state index contributed by atoms with van der Waals surface area (Å²) in [6.07, 6.45) is 6.46. The van der Waals surface area contributed by atoms with E-state index in [1.54, 1.807) is 6.26 Å². The SMILES string of the molecule is CN(C)C(CNC(=O)Nc1ccccc1OC1CCCC1)c1ccco1. The minimum atomic E-state index is -0.258. The van der Waals surface area contributed by atoms with Crippen LogP contribution in [-0.4, -0.2) is 37.7 Å². The summed E-state index contributed by atoms with van der Waals surface area (Å²) < 4.78 is 11.5. The third kappa shape index (κ3) is 4.79. The first kappa shape index (κ1) is 18.3. The lowest BCUT2D eigenvalue weighted by molar-refractivity contribution is 0.210. The van der Waals surface area contributed by atoms with Gasteiger partial charge in [-0.25, -0.2) is 4.79 Å². The second-order valence-electron chi connectivity index (χ2n) is 6.85. The number of carbonyl (C=O) groups is 1. The van der Waals surface area contributed by atoms with Crippen molar-refractivity contribution in [3.63, 3.8) is 0 Å². The van der Waals surface area contributed by atoms with Crippen LogP contribution < -0.4 is 15.4 Å². The van der Waals surface area contributed by atoms with Crippen LogP contribution in [0.15, 0.2) is 47.1 Å². The Bertz CT molecular complexity index is 694. The molecule has 26 heavy (non-hydrogen) atoms. The second-order valence-corrected chi connectivity index (χ2v) is 6.85. The standard InChI is InChI=1S/C20H27N3O3/c1-23(2)17(19-12-7-13-25-19)14-21-20(24)22-16-10-5-6-11-18(16)26-15-8-3-4-9-15/h5-7,10-13,15,17H,3-4,8-9,14H2,1-2H3,(H2,21,22,24). The highest BCUT2D eigenvalue weighted by molar-refractivity contribution is 5.90. The van der Waals surface area contributed by atoms with Crippen molar-refractivity contribution in [3.05, 3.63) is 48.4 Å². The van der Waals surface area contributed by atoms with E-state index >= 15 is 0 Å². The zero-order chi connectivity index (χ0) is 18.4. The third-order valence-corrected chi connectivity index (χ3v) is 4.68. The molecule has 6 heteroatoms. The van der Waals surface area contributed by atoms with Gasteiger partial charge in [-0.1, -0.05) is 12.1 Å². The molecule has 1 aliphatic carbocycles. The molecule has 6 nitrogen and oxygen atoms in total. The number of nitrogens with zero attached hydrogens (tertiary/aromatic N) is 1. The number of urea groups is 1. The van der Waals surface area contributed by atoms with Crippen LogP contribution in [0.25, 0.3) is 0 Å². The van der Waals surface area contributed by atoms with Crippen LogP contribution in [0.3, 0.4) is 0 Å². The molecule has 1 atom stereocenters. The van der Waals surface area contributed by atoms with E-state index in [9.17, 15) is 4.79 Å². The quantitative estimate of drug-likeness (QED) is 0.785. The summed E-state index contributed by atoms with van der Waals surface area (Å²) in [7, 11) is 3.91. The van der Waals surface area contributed by atoms with Crippen molar-refractivity contribution in [2.24, 2.45) is 0 Å². The van der Waals surface area contributed by atoms with Gasteiger partial charge in [0.15, 0.2) is 0 Å². The van der Waals surface area contributed by atoms with Gasteiger partial charge >= 0.3 is 6.03 Å². The Morgan fingerprint density at radius 2 is 2.00 bits per heavy atom. The van der Waals surface area contributed by atoms with Gasteiger partial charge in [0.25, 0.3) is 0 Å². The van der Waals surface area contributed by atoms with Gasteiger partial charge in [-0.05, 0) is 64.0 Å². The summed E-state index contributed by atoms with van der Waals surface area (Å²) >= 11 is 0. The van der Waals surface area contributed by atoms with E-state index in [1.807, 2.05) is 55.4 Å². The predicted molar refractivity (Wildman–Crippen MR) is 101 cm³/mol. The lowest BCUT2D eigenvalue weighted by Gasteiger charge is -2.23. The molecule has 0 spiro atoms. The van der Waals surface area contributed by atoms with Gasteiger partial charge in [0.05, 0.1) is 24.1 Å². The van der Waals surface area contributed by atoms with E-state index in [-0.39, 0.29) is 18.2 Å². The smallest absolute Gasteiger partial charge is 0.319 e. The average Bonchev–Trinajstić information content (AvgIpc) is 3.30. The number of amides is 2. The number of hydrogen-bond donors (Lipinski definition) is 2. The molecule has 1 fully saturated rings. The summed E-state index contributed by atoms with van der Waals surface area (Å²) in [5.74, 6) is 1.55. The largest absolute Gasteiger partial charge is 0.488 e. The molecule has 1 unspecified atom stereocenters. The number of benzene rings is 1. The van der Waals surface area contributed by atoms with Gasteiger partial charge in [0.1, 0.15) is 11.5 Å². The number of likely N-dealkylation sites (N-methyl/N-ethyl adjacent to an activating group) is 1. The normalized spacial score (nSPS) is 15.8. The molecule has 2 aromatic rings. The van der Waals surface area contributed by atoms with E-state index in [4.69, 9.17) is 9.15 Å². The number of nitrogens with one attached hydrogen (secondary N) is 2. The highest BCUT2D eigenvalue weighted by Gasteiger charge is 2.20. The maximum Gasteiger partial charge on any atom is 0.319 e. The first-order valence-corrected chi connectivity index (χ1v) is 9.14. The number of hydrogen-bond acceptors (Lipinski definition) is 4. The fourth-order valence-corrected chi connectivity index (χ4v) is 3.23. The minimum absolute atomic E-state index is 0.0271. The van der Waals surface area contributed by atoms with Gasteiger partial charge < -0.3 is 19.8 Å². The molecule has 1 saturated carbocycles. The first-order valence-electron chi connectivity index (χ1n) is 9.14. The minimum Gasteiger partial charge on any atom is -0.488 e. The Kier molecular flexibility index (Phi) is 6.17. The van der Waals surface area contributed by atoms with Gasteiger partial charge in [0.2, 0.25) is 0 Å². The fraction of sp³-hybridized carbons (Fsp3) is 0.450. The van der Waals surface area contributed by atoms with Crippen LogP contribution in [0.2, 0.25) is 0 Å². The Morgan fingerprint density at radius 3 is 2.69 bits per heavy atom. The molecular formula is C20H27N3O3. The summed E-state index contributed by atoms with van der Waals surface area (Å²) in [5, 5.41) is 5.81. The molecule has 3 rings (SSSR count). The second kappa shape index (κ2) is 8.76. The molecule has 0 bridgehead atoms. The Balaban J connectivity index is 1.57. The van der Waals surface area contributed by atoms with Crippen LogP contribution in [0.4, 0.5) is 10.5 Å². The predicted octanol–water partition coefficient (Wildman–Crippen LogP) is 4.03. The third-order valence-electron chi connectivity index (χ3n) is 4.68. The monoisotopic (exact) mass is 357 g/mol. The van der Waals surface area contributed by atoms with Crippen molar-refractivity contribution in [1.29, 1.82) is 0 Å². The number of carbonyl (C=O) groups excluding carboxylic acids is 1. The molecule has 0 saturated heterocycles. The van der Waals surface area contributed by atoms with Gasteiger partial charge in [-0.3, -0.25) is 4.90 Å². The Morgan fingerprint density at radius 1 is 1.23 bits per heavy atom. The highest BCUT2D eigenvalue weighted by Crippen LogP contribution is 2.29. The first-order chi connectivity index (χ1) is 12.6. The van der Waals surface area contributed by atoms with E-state index in [0.717, 1.165) is 24.4 Å². The molecule has 2 N–H and O–H groups in total. The number of rotatable bonds is 7. The Labute approximate surface area is 154 Å². The van der Waals surface area contributed by atoms with Crippen LogP contribution in [0.5, 0.6) is 5.75 Å². The summed E-state index contributed by atoms with van der Waals surface area (Å²) in [6, 6.07) is 11.1. The van der Waals surface area contributed by atoms with Crippen LogP contribution >= 0.6 is 0 Å². The number of furan rings is 1. The van der Waals surface area contributed by atoms with Crippen molar-refractivity contribution in [3.8, 4) is 5.75 Å². The van der Waals surface area contributed by atoms with E-state index < -0.39 is 0 Å². The average molecular weight is 357 g/mol. The maximum atomic E-state index is 12.4. The molecule has 140 valence electrons. The number of para-hydroxylation sites is 2. The Hall–Kier alpha value is -2.47.